The van der Waals surface area contributed by atoms with Crippen LogP contribution >= 0.6 is 0 Å². The summed E-state index contributed by atoms with van der Waals surface area (Å²) >= 11 is 0. The van der Waals surface area contributed by atoms with Crippen molar-refractivity contribution in [2.45, 2.75) is 46.0 Å². The van der Waals surface area contributed by atoms with Crippen LogP contribution in [0.15, 0.2) is 0 Å². The highest BCUT2D eigenvalue weighted by Gasteiger charge is 2.15. The van der Waals surface area contributed by atoms with Crippen molar-refractivity contribution >= 4 is 11.9 Å². The first-order valence-corrected chi connectivity index (χ1v) is 6.69. The van der Waals surface area contributed by atoms with E-state index in [0.29, 0.717) is 13.2 Å². The number of ether oxygens (including phenoxy) is 1. The lowest BCUT2D eigenvalue weighted by molar-refractivity contribution is -0.138. The molecule has 0 aromatic carbocycles. The van der Waals surface area contributed by atoms with Crippen LogP contribution in [-0.4, -0.2) is 36.7 Å². The Morgan fingerprint density at radius 1 is 1.17 bits per heavy atom. The molecule has 5 heteroatoms. The Bertz CT molecular complexity index is 237. The van der Waals surface area contributed by atoms with Gasteiger partial charge in [0.2, 0.25) is 5.91 Å². The minimum atomic E-state index is -0.870. The summed E-state index contributed by atoms with van der Waals surface area (Å²) in [6.07, 6.45) is 3.85. The zero-order chi connectivity index (χ0) is 13.8. The molecular weight excluding hydrogens is 234 g/mol. The van der Waals surface area contributed by atoms with Crippen LogP contribution < -0.4 is 5.32 Å². The monoisotopic (exact) mass is 259 g/mol. The molecule has 2 N–H and O–H groups in total. The van der Waals surface area contributed by atoms with Crippen molar-refractivity contribution in [2.75, 3.05) is 19.8 Å². The van der Waals surface area contributed by atoms with Crippen molar-refractivity contribution in [3.8, 4) is 0 Å². The van der Waals surface area contributed by atoms with Crippen molar-refractivity contribution < 1.29 is 19.4 Å². The van der Waals surface area contributed by atoms with Crippen LogP contribution in [0.3, 0.4) is 0 Å². The van der Waals surface area contributed by atoms with Gasteiger partial charge in [-0.25, -0.2) is 0 Å². The third kappa shape index (κ3) is 8.98. The molecule has 0 aromatic heterocycles. The number of carbonyl (C=O) groups is 2. The van der Waals surface area contributed by atoms with Crippen molar-refractivity contribution in [3.63, 3.8) is 0 Å². The van der Waals surface area contributed by atoms with Gasteiger partial charge in [0.1, 0.15) is 0 Å². The molecule has 0 radical (unpaired) electrons. The zero-order valence-electron chi connectivity index (χ0n) is 11.4. The third-order valence-electron chi connectivity index (χ3n) is 2.65. The molecule has 0 atom stereocenters. The normalized spacial score (nSPS) is 10.6. The van der Waals surface area contributed by atoms with Crippen LogP contribution in [0.4, 0.5) is 0 Å². The summed E-state index contributed by atoms with van der Waals surface area (Å²) in [4.78, 5) is 22.0. The second kappa shape index (κ2) is 11.0. The van der Waals surface area contributed by atoms with Gasteiger partial charge in [-0.1, -0.05) is 26.7 Å². The van der Waals surface area contributed by atoms with E-state index in [9.17, 15) is 9.59 Å². The number of hydrogen-bond acceptors (Lipinski definition) is 3. The second-order valence-corrected chi connectivity index (χ2v) is 4.32. The molecule has 0 unspecified atom stereocenters. The summed E-state index contributed by atoms with van der Waals surface area (Å²) in [7, 11) is 0. The first kappa shape index (κ1) is 16.9. The molecule has 0 aliphatic heterocycles. The first-order valence-electron chi connectivity index (χ1n) is 6.69. The van der Waals surface area contributed by atoms with Gasteiger partial charge in [0.25, 0.3) is 0 Å². The fourth-order valence-corrected chi connectivity index (χ4v) is 1.76. The van der Waals surface area contributed by atoms with Crippen LogP contribution in [0.5, 0.6) is 0 Å². The maximum absolute atomic E-state index is 11.8. The number of aliphatic carboxylic acids is 1. The van der Waals surface area contributed by atoms with E-state index in [2.05, 4.69) is 19.2 Å². The molecule has 0 fully saturated rings. The van der Waals surface area contributed by atoms with E-state index >= 15 is 0 Å². The maximum Gasteiger partial charge on any atom is 0.305 e. The Labute approximate surface area is 109 Å². The van der Waals surface area contributed by atoms with Crippen molar-refractivity contribution in [3.05, 3.63) is 0 Å². The number of carboxylic acid groups (broad SMARTS) is 1. The van der Waals surface area contributed by atoms with Gasteiger partial charge in [0.15, 0.2) is 0 Å². The maximum atomic E-state index is 11.8. The van der Waals surface area contributed by atoms with Crippen LogP contribution in [0.1, 0.15) is 46.0 Å². The second-order valence-electron chi connectivity index (χ2n) is 4.32. The lowest BCUT2D eigenvalue weighted by Crippen LogP contribution is -2.33. The molecule has 0 rings (SSSR count). The topological polar surface area (TPSA) is 75.6 Å². The molecule has 1 amide bonds. The molecular formula is C13H25NO4. The molecule has 0 aliphatic carbocycles. The van der Waals surface area contributed by atoms with Crippen LogP contribution in [0, 0.1) is 5.92 Å². The highest BCUT2D eigenvalue weighted by molar-refractivity contribution is 5.78. The van der Waals surface area contributed by atoms with Crippen molar-refractivity contribution in [1.82, 2.24) is 5.32 Å². The van der Waals surface area contributed by atoms with E-state index in [1.807, 2.05) is 0 Å². The summed E-state index contributed by atoms with van der Waals surface area (Å²) in [6, 6.07) is 0. The number of carbonyl (C=O) groups excluding carboxylic acids is 1. The number of amides is 1. The van der Waals surface area contributed by atoms with E-state index in [-0.39, 0.29) is 24.9 Å². The SMILES string of the molecule is CCCC(CCC)C(=O)NCCOCCC(=O)O. The van der Waals surface area contributed by atoms with Gasteiger partial charge in [0, 0.05) is 12.5 Å². The Balaban J connectivity index is 3.63. The molecule has 0 aliphatic rings. The number of nitrogens with one attached hydrogen (secondary N) is 1. The molecule has 0 spiro atoms. The molecule has 5 nitrogen and oxygen atoms in total. The van der Waals surface area contributed by atoms with Crippen LogP contribution in [0.2, 0.25) is 0 Å². The predicted molar refractivity (Wildman–Crippen MR) is 69.4 cm³/mol. The van der Waals surface area contributed by atoms with Crippen molar-refractivity contribution in [2.24, 2.45) is 5.92 Å². The van der Waals surface area contributed by atoms with E-state index in [0.717, 1.165) is 25.7 Å². The van der Waals surface area contributed by atoms with Gasteiger partial charge in [0.05, 0.1) is 19.6 Å². The van der Waals surface area contributed by atoms with Gasteiger partial charge in [-0.3, -0.25) is 9.59 Å². The number of hydrogen-bond donors (Lipinski definition) is 2. The Kier molecular flexibility index (Phi) is 10.3. The highest BCUT2D eigenvalue weighted by Crippen LogP contribution is 2.13. The smallest absolute Gasteiger partial charge is 0.305 e. The van der Waals surface area contributed by atoms with Crippen LogP contribution in [-0.2, 0) is 14.3 Å². The summed E-state index contributed by atoms with van der Waals surface area (Å²) in [6.45, 7) is 5.15. The van der Waals surface area contributed by atoms with E-state index in [4.69, 9.17) is 9.84 Å². The van der Waals surface area contributed by atoms with Gasteiger partial charge in [-0.2, -0.15) is 0 Å². The molecule has 0 heterocycles. The van der Waals surface area contributed by atoms with Gasteiger partial charge >= 0.3 is 5.97 Å². The standard InChI is InChI=1S/C13H25NO4/c1-3-5-11(6-4-2)13(17)14-8-10-18-9-7-12(15)16/h11H,3-10H2,1-2H3,(H,14,17)(H,15,16). The predicted octanol–water partition coefficient (Wildman–Crippen LogP) is 1.81. The quantitative estimate of drug-likeness (QED) is 0.555. The summed E-state index contributed by atoms with van der Waals surface area (Å²) in [5.74, 6) is -0.690. The van der Waals surface area contributed by atoms with Gasteiger partial charge in [-0.15, -0.1) is 0 Å². The van der Waals surface area contributed by atoms with Crippen molar-refractivity contribution in [1.29, 1.82) is 0 Å². The van der Waals surface area contributed by atoms with Gasteiger partial charge in [-0.05, 0) is 12.8 Å². The Morgan fingerprint density at radius 2 is 1.78 bits per heavy atom. The fourth-order valence-electron chi connectivity index (χ4n) is 1.76. The minimum Gasteiger partial charge on any atom is -0.481 e. The molecule has 18 heavy (non-hydrogen) atoms. The molecule has 106 valence electrons. The third-order valence-corrected chi connectivity index (χ3v) is 2.65. The largest absolute Gasteiger partial charge is 0.481 e. The summed E-state index contributed by atoms with van der Waals surface area (Å²) in [5, 5.41) is 11.2. The minimum absolute atomic E-state index is 0.00222. The van der Waals surface area contributed by atoms with Gasteiger partial charge < -0.3 is 15.2 Å². The first-order chi connectivity index (χ1) is 8.61. The van der Waals surface area contributed by atoms with E-state index in [1.54, 1.807) is 0 Å². The summed E-state index contributed by atoms with van der Waals surface area (Å²) in [5.41, 5.74) is 0. The Hall–Kier alpha value is -1.10. The van der Waals surface area contributed by atoms with E-state index in [1.165, 1.54) is 0 Å². The average Bonchev–Trinajstić information content (AvgIpc) is 2.32. The molecule has 0 saturated carbocycles. The fraction of sp³-hybridized carbons (Fsp3) is 0.846. The van der Waals surface area contributed by atoms with E-state index < -0.39 is 5.97 Å². The molecule has 0 saturated heterocycles. The summed E-state index contributed by atoms with van der Waals surface area (Å²) < 4.78 is 5.10. The lowest BCUT2D eigenvalue weighted by Gasteiger charge is -2.15. The highest BCUT2D eigenvalue weighted by atomic mass is 16.5. The average molecular weight is 259 g/mol. The number of carboxylic acids is 1. The Morgan fingerprint density at radius 3 is 2.28 bits per heavy atom. The zero-order valence-corrected chi connectivity index (χ0v) is 11.4. The molecule has 0 aromatic rings. The lowest BCUT2D eigenvalue weighted by atomic mass is 9.97. The molecule has 0 bridgehead atoms. The number of rotatable bonds is 11. The van der Waals surface area contributed by atoms with Crippen LogP contribution in [0.25, 0.3) is 0 Å².